The molecule has 0 spiro atoms. The summed E-state index contributed by atoms with van der Waals surface area (Å²) in [5.74, 6) is -2.14. The van der Waals surface area contributed by atoms with Gasteiger partial charge in [0.05, 0.1) is 26.4 Å². The molecular formula is C66H128O17P2. The lowest BCUT2D eigenvalue weighted by Crippen LogP contribution is -2.30. The number of hydrogen-bond acceptors (Lipinski definition) is 15. The Morgan fingerprint density at radius 1 is 0.282 bits per heavy atom. The molecule has 0 fully saturated rings. The molecule has 17 nitrogen and oxygen atoms in total. The van der Waals surface area contributed by atoms with Gasteiger partial charge < -0.3 is 33.8 Å². The molecule has 5 atom stereocenters. The Kier molecular flexibility index (Phi) is 59.6. The van der Waals surface area contributed by atoms with Crippen molar-refractivity contribution in [1.29, 1.82) is 0 Å². The lowest BCUT2D eigenvalue weighted by atomic mass is 10.0. The molecule has 0 amide bonds. The van der Waals surface area contributed by atoms with Gasteiger partial charge in [0, 0.05) is 25.7 Å². The SMILES string of the molecule is CCCCCCCCCCCCCCCCCC(=O)O[C@H](COC(=O)CCCCCCCCCCCCCCC)COP(=O)(O)OC[C@@H](O)COP(=O)(O)OC[C@@H](COC(=O)CCCCCCC)OC(=O)CCCCCCCCCCCCCC. The Hall–Kier alpha value is -1.94. The highest BCUT2D eigenvalue weighted by Gasteiger charge is 2.30. The summed E-state index contributed by atoms with van der Waals surface area (Å²) in [4.78, 5) is 72.1. The van der Waals surface area contributed by atoms with E-state index >= 15 is 0 Å². The van der Waals surface area contributed by atoms with Crippen LogP contribution in [0.2, 0.25) is 0 Å². The van der Waals surface area contributed by atoms with Crippen LogP contribution in [-0.4, -0.2) is 96.7 Å². The summed E-state index contributed by atoms with van der Waals surface area (Å²) in [5.41, 5.74) is 0. The van der Waals surface area contributed by atoms with Gasteiger partial charge in [0.2, 0.25) is 0 Å². The Balaban J connectivity index is 5.16. The smallest absolute Gasteiger partial charge is 0.462 e. The van der Waals surface area contributed by atoms with E-state index in [2.05, 4.69) is 27.7 Å². The molecule has 0 aliphatic rings. The zero-order valence-electron chi connectivity index (χ0n) is 54.6. The highest BCUT2D eigenvalue weighted by molar-refractivity contribution is 7.47. The van der Waals surface area contributed by atoms with Gasteiger partial charge in [-0.2, -0.15) is 0 Å². The quantitative estimate of drug-likeness (QED) is 0.0222. The molecule has 2 unspecified atom stereocenters. The molecule has 3 N–H and O–H groups in total. The number of carbonyl (C=O) groups is 4. The molecule has 504 valence electrons. The maximum atomic E-state index is 13.0. The fraction of sp³-hybridized carbons (Fsp3) is 0.939. The Morgan fingerprint density at radius 3 is 0.694 bits per heavy atom. The van der Waals surface area contributed by atoms with Crippen molar-refractivity contribution >= 4 is 39.5 Å². The summed E-state index contributed by atoms with van der Waals surface area (Å²) >= 11 is 0. The molecule has 0 radical (unpaired) electrons. The second kappa shape index (κ2) is 60.9. The molecule has 0 aromatic heterocycles. The number of hydrogen-bond donors (Lipinski definition) is 3. The number of aliphatic hydroxyl groups is 1. The number of esters is 4. The number of ether oxygens (including phenoxy) is 4. The van der Waals surface area contributed by atoms with E-state index in [9.17, 15) is 43.2 Å². The number of unbranched alkanes of at least 4 members (excludes halogenated alkanes) is 41. The summed E-state index contributed by atoms with van der Waals surface area (Å²) in [5, 5.41) is 10.5. The van der Waals surface area contributed by atoms with Crippen LogP contribution in [0.15, 0.2) is 0 Å². The van der Waals surface area contributed by atoms with Gasteiger partial charge in [-0.1, -0.05) is 291 Å². The largest absolute Gasteiger partial charge is 0.472 e. The van der Waals surface area contributed by atoms with Crippen molar-refractivity contribution in [3.8, 4) is 0 Å². The van der Waals surface area contributed by atoms with Gasteiger partial charge in [0.25, 0.3) is 0 Å². The topological polar surface area (TPSA) is 237 Å². The normalized spacial score (nSPS) is 14.1. The zero-order chi connectivity index (χ0) is 62.6. The molecular weight excluding hydrogens is 1130 g/mol. The standard InChI is InChI=1S/C66H128O17P2/c1-5-9-13-17-20-23-26-29-30-32-35-38-41-45-49-53-66(71)83-62(57-77-64(69)51-47-43-39-36-34-31-27-24-21-18-14-10-6-2)59-81-85(74,75)79-55-60(67)54-78-84(72,73)80-58-61(56-76-63(68)50-46-42-16-12-8-4)82-65(70)52-48-44-40-37-33-28-25-22-19-15-11-7-3/h60-62,67H,5-59H2,1-4H3,(H,72,73)(H,74,75)/t60-,61+,62+/m0/s1. The highest BCUT2D eigenvalue weighted by atomic mass is 31.2. The van der Waals surface area contributed by atoms with Gasteiger partial charge in [-0.15, -0.1) is 0 Å². The Labute approximate surface area is 517 Å². The van der Waals surface area contributed by atoms with E-state index in [1.54, 1.807) is 0 Å². The van der Waals surface area contributed by atoms with Crippen molar-refractivity contribution in [2.45, 2.75) is 361 Å². The number of carbonyl (C=O) groups excluding carboxylic acids is 4. The lowest BCUT2D eigenvalue weighted by Gasteiger charge is -2.21. The van der Waals surface area contributed by atoms with E-state index in [1.807, 2.05) is 0 Å². The summed E-state index contributed by atoms with van der Waals surface area (Å²) in [6.45, 7) is 4.84. The zero-order valence-corrected chi connectivity index (χ0v) is 56.4. The Bertz CT molecular complexity index is 1640. The molecule has 0 aromatic carbocycles. The molecule has 0 aliphatic carbocycles. The monoisotopic (exact) mass is 1250 g/mol. The van der Waals surface area contributed by atoms with Crippen molar-refractivity contribution in [2.75, 3.05) is 39.6 Å². The third-order valence-corrected chi connectivity index (χ3v) is 17.3. The number of phosphoric acid groups is 2. The van der Waals surface area contributed by atoms with Crippen molar-refractivity contribution in [2.24, 2.45) is 0 Å². The first kappa shape index (κ1) is 83.1. The molecule has 85 heavy (non-hydrogen) atoms. The third kappa shape index (κ3) is 60.7. The number of aliphatic hydroxyl groups excluding tert-OH is 1. The van der Waals surface area contributed by atoms with Crippen LogP contribution in [0.4, 0.5) is 0 Å². The van der Waals surface area contributed by atoms with Crippen molar-refractivity contribution in [3.63, 3.8) is 0 Å². The number of rotatable bonds is 67. The van der Waals surface area contributed by atoms with Crippen LogP contribution in [0.25, 0.3) is 0 Å². The van der Waals surface area contributed by atoms with E-state index in [1.165, 1.54) is 167 Å². The van der Waals surface area contributed by atoms with Crippen LogP contribution in [0.1, 0.15) is 342 Å². The molecule has 0 aliphatic heterocycles. The first-order chi connectivity index (χ1) is 41.2. The van der Waals surface area contributed by atoms with Crippen LogP contribution >= 0.6 is 15.6 Å². The van der Waals surface area contributed by atoms with E-state index in [0.717, 1.165) is 96.3 Å². The van der Waals surface area contributed by atoms with E-state index in [-0.39, 0.29) is 25.7 Å². The molecule has 0 bridgehead atoms. The maximum absolute atomic E-state index is 13.0. The molecule has 0 saturated heterocycles. The minimum atomic E-state index is -4.94. The van der Waals surface area contributed by atoms with Crippen LogP contribution in [0.3, 0.4) is 0 Å². The van der Waals surface area contributed by atoms with Gasteiger partial charge in [-0.3, -0.25) is 37.3 Å². The van der Waals surface area contributed by atoms with Crippen molar-refractivity contribution in [1.82, 2.24) is 0 Å². The average Bonchev–Trinajstić information content (AvgIpc) is 3.51. The molecule has 0 rings (SSSR count). The molecule has 0 heterocycles. The van der Waals surface area contributed by atoms with Crippen LogP contribution < -0.4 is 0 Å². The maximum Gasteiger partial charge on any atom is 0.472 e. The minimum Gasteiger partial charge on any atom is -0.462 e. The van der Waals surface area contributed by atoms with E-state index in [4.69, 9.17) is 37.0 Å². The lowest BCUT2D eigenvalue weighted by molar-refractivity contribution is -0.161. The summed E-state index contributed by atoms with van der Waals surface area (Å²) < 4.78 is 67.9. The fourth-order valence-corrected chi connectivity index (χ4v) is 11.6. The van der Waals surface area contributed by atoms with E-state index < -0.39 is 97.5 Å². The second-order valence-electron chi connectivity index (χ2n) is 23.9. The van der Waals surface area contributed by atoms with Gasteiger partial charge >= 0.3 is 39.5 Å². The number of phosphoric ester groups is 2. The fourth-order valence-electron chi connectivity index (χ4n) is 9.99. The summed E-state index contributed by atoms with van der Waals surface area (Å²) in [6.07, 6.45) is 47.4. The Morgan fingerprint density at radius 2 is 0.471 bits per heavy atom. The van der Waals surface area contributed by atoms with Crippen LogP contribution in [0, 0.1) is 0 Å². The van der Waals surface area contributed by atoms with E-state index in [0.29, 0.717) is 25.7 Å². The predicted molar refractivity (Wildman–Crippen MR) is 340 cm³/mol. The molecule has 19 heteroatoms. The van der Waals surface area contributed by atoms with Gasteiger partial charge in [-0.05, 0) is 25.7 Å². The second-order valence-corrected chi connectivity index (χ2v) is 26.8. The molecule has 0 saturated carbocycles. The predicted octanol–water partition coefficient (Wildman–Crippen LogP) is 18.7. The van der Waals surface area contributed by atoms with Crippen LogP contribution in [0.5, 0.6) is 0 Å². The summed E-state index contributed by atoms with van der Waals surface area (Å²) in [7, 11) is -9.88. The van der Waals surface area contributed by atoms with Crippen molar-refractivity contribution < 1.29 is 80.2 Å². The minimum absolute atomic E-state index is 0.107. The third-order valence-electron chi connectivity index (χ3n) is 15.4. The van der Waals surface area contributed by atoms with Gasteiger partial charge in [0.1, 0.15) is 19.3 Å². The average molecular weight is 1260 g/mol. The van der Waals surface area contributed by atoms with Gasteiger partial charge in [0.15, 0.2) is 12.2 Å². The molecule has 0 aromatic rings. The van der Waals surface area contributed by atoms with Crippen LogP contribution in [-0.2, 0) is 65.4 Å². The highest BCUT2D eigenvalue weighted by Crippen LogP contribution is 2.45. The van der Waals surface area contributed by atoms with Crippen molar-refractivity contribution in [3.05, 3.63) is 0 Å². The first-order valence-electron chi connectivity index (χ1n) is 34.8. The van der Waals surface area contributed by atoms with Gasteiger partial charge in [-0.25, -0.2) is 9.13 Å². The summed E-state index contributed by atoms with van der Waals surface area (Å²) in [6, 6.07) is 0. The first-order valence-corrected chi connectivity index (χ1v) is 37.8.